The van der Waals surface area contributed by atoms with Crippen molar-refractivity contribution in [3.8, 4) is 0 Å². The smallest absolute Gasteiger partial charge is 0.0178 e. The number of hydrogen-bond donors (Lipinski definition) is 1. The topological polar surface area (TPSA) is 26.0 Å². The highest BCUT2D eigenvalue weighted by atomic mass is 14.5. The summed E-state index contributed by atoms with van der Waals surface area (Å²) in [5.74, 6) is 1.72. The van der Waals surface area contributed by atoms with Crippen LogP contribution in [0.4, 0.5) is 0 Å². The van der Waals surface area contributed by atoms with Crippen LogP contribution in [0.2, 0.25) is 0 Å². The number of hydrogen-bond acceptors (Lipinski definition) is 1. The van der Waals surface area contributed by atoms with E-state index in [-0.39, 0.29) is 0 Å². The number of rotatable bonds is 3. The molecule has 0 aliphatic heterocycles. The number of benzene rings is 1. The van der Waals surface area contributed by atoms with Crippen LogP contribution >= 0.6 is 0 Å². The van der Waals surface area contributed by atoms with Crippen LogP contribution in [0.15, 0.2) is 18.2 Å². The van der Waals surface area contributed by atoms with Crippen LogP contribution in [-0.2, 0) is 6.54 Å². The van der Waals surface area contributed by atoms with E-state index < -0.39 is 0 Å². The molecule has 74 valence electrons. The minimum Gasteiger partial charge on any atom is -0.326 e. The third-order valence-corrected chi connectivity index (χ3v) is 3.37. The number of nitrogens with two attached hydrogens (primary N) is 1. The van der Waals surface area contributed by atoms with E-state index in [9.17, 15) is 0 Å². The molecule has 0 saturated heterocycles. The summed E-state index contributed by atoms with van der Waals surface area (Å²) in [6.45, 7) is 0.695. The van der Waals surface area contributed by atoms with Crippen LogP contribution in [-0.4, -0.2) is 0 Å². The average molecular weight is 187 g/mol. The van der Waals surface area contributed by atoms with Crippen molar-refractivity contribution in [3.63, 3.8) is 0 Å². The van der Waals surface area contributed by atoms with Crippen molar-refractivity contribution in [2.24, 2.45) is 5.73 Å². The maximum Gasteiger partial charge on any atom is 0.0178 e. The highest BCUT2D eigenvalue weighted by Crippen LogP contribution is 2.45. The molecule has 0 atom stereocenters. The van der Waals surface area contributed by atoms with E-state index in [1.165, 1.54) is 31.2 Å². The molecule has 0 aromatic heterocycles. The zero-order chi connectivity index (χ0) is 9.54. The first-order chi connectivity index (χ1) is 6.86. The summed E-state index contributed by atoms with van der Waals surface area (Å²) in [5.41, 5.74) is 10.2. The van der Waals surface area contributed by atoms with Crippen LogP contribution in [0.1, 0.15) is 54.2 Å². The Hall–Kier alpha value is -0.820. The first-order valence-corrected chi connectivity index (χ1v) is 5.70. The Balaban J connectivity index is 1.97. The predicted molar refractivity (Wildman–Crippen MR) is 58.3 cm³/mol. The lowest BCUT2D eigenvalue weighted by molar-refractivity contribution is 1.01. The van der Waals surface area contributed by atoms with Crippen molar-refractivity contribution in [1.29, 1.82) is 0 Å². The fourth-order valence-corrected chi connectivity index (χ4v) is 2.17. The minimum absolute atomic E-state index is 0.695. The lowest BCUT2D eigenvalue weighted by Crippen LogP contribution is -1.98. The van der Waals surface area contributed by atoms with Crippen molar-refractivity contribution in [1.82, 2.24) is 0 Å². The lowest BCUT2D eigenvalue weighted by Gasteiger charge is -2.07. The minimum atomic E-state index is 0.695. The molecule has 1 nitrogen and oxygen atoms in total. The molecule has 1 heteroatoms. The predicted octanol–water partition coefficient (Wildman–Crippen LogP) is 2.90. The normalized spacial score (nSPS) is 21.2. The molecule has 1 aromatic carbocycles. The SMILES string of the molecule is NCc1cc(C2CC2)cc(C2CC2)c1. The molecule has 2 fully saturated rings. The Morgan fingerprint density at radius 1 is 0.929 bits per heavy atom. The Morgan fingerprint density at radius 3 is 1.79 bits per heavy atom. The monoisotopic (exact) mass is 187 g/mol. The summed E-state index contributed by atoms with van der Waals surface area (Å²) in [6, 6.07) is 7.04. The summed E-state index contributed by atoms with van der Waals surface area (Å²) in [4.78, 5) is 0. The van der Waals surface area contributed by atoms with Crippen LogP contribution in [0, 0.1) is 0 Å². The molecular formula is C13H17N. The van der Waals surface area contributed by atoms with Gasteiger partial charge in [0.25, 0.3) is 0 Å². The van der Waals surface area contributed by atoms with E-state index >= 15 is 0 Å². The average Bonchev–Trinajstić information content (AvgIpc) is 3.07. The second kappa shape index (κ2) is 3.09. The van der Waals surface area contributed by atoms with E-state index in [4.69, 9.17) is 5.73 Å². The first-order valence-electron chi connectivity index (χ1n) is 5.70. The van der Waals surface area contributed by atoms with Gasteiger partial charge in [-0.25, -0.2) is 0 Å². The molecule has 2 aliphatic rings. The molecule has 1 aromatic rings. The van der Waals surface area contributed by atoms with E-state index in [2.05, 4.69) is 18.2 Å². The van der Waals surface area contributed by atoms with Gasteiger partial charge < -0.3 is 5.73 Å². The quantitative estimate of drug-likeness (QED) is 0.773. The van der Waals surface area contributed by atoms with Gasteiger partial charge in [-0.2, -0.15) is 0 Å². The zero-order valence-corrected chi connectivity index (χ0v) is 8.50. The fourth-order valence-electron chi connectivity index (χ4n) is 2.17. The molecule has 2 saturated carbocycles. The third-order valence-electron chi connectivity index (χ3n) is 3.37. The molecule has 0 radical (unpaired) electrons. The fraction of sp³-hybridized carbons (Fsp3) is 0.538. The lowest BCUT2D eigenvalue weighted by atomic mass is 10.00. The van der Waals surface area contributed by atoms with E-state index in [0.29, 0.717) is 6.54 Å². The van der Waals surface area contributed by atoms with Gasteiger partial charge in [-0.05, 0) is 54.2 Å². The maximum absolute atomic E-state index is 5.73. The molecule has 0 unspecified atom stereocenters. The largest absolute Gasteiger partial charge is 0.326 e. The van der Waals surface area contributed by atoms with E-state index in [1.54, 1.807) is 11.1 Å². The van der Waals surface area contributed by atoms with E-state index in [1.807, 2.05) is 0 Å². The van der Waals surface area contributed by atoms with Crippen LogP contribution < -0.4 is 5.73 Å². The maximum atomic E-state index is 5.73. The molecule has 3 rings (SSSR count). The van der Waals surface area contributed by atoms with Gasteiger partial charge in [0.1, 0.15) is 0 Å². The van der Waals surface area contributed by atoms with Gasteiger partial charge in [-0.1, -0.05) is 18.2 Å². The molecule has 0 amide bonds. The van der Waals surface area contributed by atoms with Gasteiger partial charge in [0.2, 0.25) is 0 Å². The van der Waals surface area contributed by atoms with Crippen molar-refractivity contribution in [2.75, 3.05) is 0 Å². The first kappa shape index (κ1) is 8.49. The highest BCUT2D eigenvalue weighted by molar-refractivity contribution is 5.37. The summed E-state index contributed by atoms with van der Waals surface area (Å²) in [6.07, 6.45) is 5.55. The molecule has 14 heavy (non-hydrogen) atoms. The van der Waals surface area contributed by atoms with Gasteiger partial charge in [0.15, 0.2) is 0 Å². The van der Waals surface area contributed by atoms with Crippen LogP contribution in [0.25, 0.3) is 0 Å². The van der Waals surface area contributed by atoms with Crippen molar-refractivity contribution in [3.05, 3.63) is 34.9 Å². The molecule has 0 spiro atoms. The summed E-state index contributed by atoms with van der Waals surface area (Å²) in [7, 11) is 0. The van der Waals surface area contributed by atoms with E-state index in [0.717, 1.165) is 11.8 Å². The Morgan fingerprint density at radius 2 is 1.43 bits per heavy atom. The van der Waals surface area contributed by atoms with Crippen LogP contribution in [0.5, 0.6) is 0 Å². The summed E-state index contributed by atoms with van der Waals surface area (Å²) < 4.78 is 0. The van der Waals surface area contributed by atoms with Gasteiger partial charge in [0.05, 0.1) is 0 Å². The van der Waals surface area contributed by atoms with Crippen molar-refractivity contribution >= 4 is 0 Å². The molecule has 2 aliphatic carbocycles. The Bertz CT molecular complexity index is 318. The Labute approximate surface area is 85.3 Å². The molecule has 2 N–H and O–H groups in total. The molecule has 0 bridgehead atoms. The zero-order valence-electron chi connectivity index (χ0n) is 8.50. The van der Waals surface area contributed by atoms with Crippen LogP contribution in [0.3, 0.4) is 0 Å². The molecule has 0 heterocycles. The summed E-state index contributed by atoms with van der Waals surface area (Å²) in [5, 5.41) is 0. The molecular weight excluding hydrogens is 170 g/mol. The second-order valence-corrected chi connectivity index (χ2v) is 4.76. The van der Waals surface area contributed by atoms with Gasteiger partial charge in [-0.3, -0.25) is 0 Å². The standard InChI is InChI=1S/C13H17N/c14-8-9-5-12(10-1-2-10)7-13(6-9)11-3-4-11/h5-7,10-11H,1-4,8,14H2. The second-order valence-electron chi connectivity index (χ2n) is 4.76. The Kier molecular flexibility index (Phi) is 1.88. The van der Waals surface area contributed by atoms with Crippen molar-refractivity contribution < 1.29 is 0 Å². The highest BCUT2D eigenvalue weighted by Gasteiger charge is 2.28. The van der Waals surface area contributed by atoms with Crippen molar-refractivity contribution in [2.45, 2.75) is 44.1 Å². The van der Waals surface area contributed by atoms with Gasteiger partial charge >= 0.3 is 0 Å². The summed E-state index contributed by atoms with van der Waals surface area (Å²) >= 11 is 0. The third kappa shape index (κ3) is 1.57. The van der Waals surface area contributed by atoms with Gasteiger partial charge in [-0.15, -0.1) is 0 Å². The van der Waals surface area contributed by atoms with Gasteiger partial charge in [0, 0.05) is 6.54 Å².